The number of nitrogens with zero attached hydrogens (tertiary/aromatic N) is 2. The van der Waals surface area contributed by atoms with E-state index in [1.165, 1.54) is 10.4 Å². The fraction of sp³-hybridized carbons (Fsp3) is 0.300. The van der Waals surface area contributed by atoms with E-state index in [2.05, 4.69) is 23.5 Å². The third kappa shape index (κ3) is 2.80. The quantitative estimate of drug-likeness (QED) is 0.677. The van der Waals surface area contributed by atoms with E-state index in [-0.39, 0.29) is 11.9 Å². The van der Waals surface area contributed by atoms with Gasteiger partial charge in [-0.2, -0.15) is 0 Å². The predicted octanol–water partition coefficient (Wildman–Crippen LogP) is 4.56. The summed E-state index contributed by atoms with van der Waals surface area (Å²) in [6.45, 7) is 2.82. The Hall–Kier alpha value is -2.60. The van der Waals surface area contributed by atoms with E-state index in [1.807, 2.05) is 29.2 Å². The molecule has 134 valence electrons. The first kappa shape index (κ1) is 16.8. The van der Waals surface area contributed by atoms with Crippen LogP contribution in [-0.2, 0) is 6.42 Å². The molecule has 1 aliphatic heterocycles. The van der Waals surface area contributed by atoms with Crippen LogP contribution in [0, 0.1) is 0 Å². The lowest BCUT2D eigenvalue weighted by Gasteiger charge is -2.34. The minimum absolute atomic E-state index is 0.0846. The van der Waals surface area contributed by atoms with E-state index in [0.717, 1.165) is 18.4 Å². The second-order valence-corrected chi connectivity index (χ2v) is 7.25. The fourth-order valence-electron chi connectivity index (χ4n) is 3.58. The van der Waals surface area contributed by atoms with E-state index in [4.69, 9.17) is 9.26 Å². The van der Waals surface area contributed by atoms with Gasteiger partial charge in [0.2, 0.25) is 0 Å². The first-order chi connectivity index (χ1) is 12.7. The molecule has 0 saturated carbocycles. The monoisotopic (exact) mass is 368 g/mol. The Bertz CT molecular complexity index is 931. The number of rotatable bonds is 4. The molecule has 0 fully saturated rings. The number of aromatic nitrogens is 1. The average Bonchev–Trinajstić information content (AvgIpc) is 3.36. The average molecular weight is 368 g/mol. The van der Waals surface area contributed by atoms with Gasteiger partial charge in [0.05, 0.1) is 18.7 Å². The van der Waals surface area contributed by atoms with E-state index >= 15 is 0 Å². The molecule has 1 aliphatic rings. The van der Waals surface area contributed by atoms with E-state index in [1.54, 1.807) is 24.5 Å². The maximum absolute atomic E-state index is 13.1. The molecule has 0 saturated heterocycles. The van der Waals surface area contributed by atoms with Gasteiger partial charge >= 0.3 is 0 Å². The van der Waals surface area contributed by atoms with Gasteiger partial charge in [-0.25, -0.2) is 0 Å². The fourth-order valence-corrected chi connectivity index (χ4v) is 4.51. The molecule has 1 unspecified atom stereocenters. The van der Waals surface area contributed by atoms with Crippen LogP contribution in [0.4, 0.5) is 0 Å². The van der Waals surface area contributed by atoms with Crippen molar-refractivity contribution in [1.29, 1.82) is 0 Å². The topological polar surface area (TPSA) is 55.6 Å². The second kappa shape index (κ2) is 6.96. The largest absolute Gasteiger partial charge is 0.496 e. The molecule has 3 heterocycles. The smallest absolute Gasteiger partial charge is 0.276 e. The van der Waals surface area contributed by atoms with E-state index in [9.17, 15) is 4.79 Å². The van der Waals surface area contributed by atoms with Crippen molar-refractivity contribution in [3.63, 3.8) is 0 Å². The molecule has 1 amide bonds. The first-order valence-corrected chi connectivity index (χ1v) is 9.58. The molecular weight excluding hydrogens is 348 g/mol. The van der Waals surface area contributed by atoms with Crippen LogP contribution in [0.2, 0.25) is 0 Å². The summed E-state index contributed by atoms with van der Waals surface area (Å²) in [4.78, 5) is 16.4. The van der Waals surface area contributed by atoms with Crippen LogP contribution >= 0.6 is 11.3 Å². The normalized spacial score (nSPS) is 16.4. The Balaban J connectivity index is 1.63. The van der Waals surface area contributed by atoms with Crippen LogP contribution in [0.1, 0.15) is 40.3 Å². The molecule has 0 spiro atoms. The zero-order valence-electron chi connectivity index (χ0n) is 14.8. The maximum atomic E-state index is 13.1. The standard InChI is InChI=1S/C20H20N2O3S/c1-3-16-13-9-11-26-19(13)8-10-22(16)20(23)15-12-18(25-21-15)14-6-4-5-7-17(14)24-2/h4-7,9,11-12,16H,3,8,10H2,1-2H3. The minimum Gasteiger partial charge on any atom is -0.496 e. The number of hydrogen-bond acceptors (Lipinski definition) is 5. The van der Waals surface area contributed by atoms with Crippen molar-refractivity contribution in [2.24, 2.45) is 0 Å². The zero-order chi connectivity index (χ0) is 18.1. The van der Waals surface area contributed by atoms with Crippen molar-refractivity contribution in [1.82, 2.24) is 10.1 Å². The molecule has 0 radical (unpaired) electrons. The summed E-state index contributed by atoms with van der Waals surface area (Å²) in [7, 11) is 1.61. The highest BCUT2D eigenvalue weighted by Crippen LogP contribution is 2.36. The Morgan fingerprint density at radius 3 is 3.04 bits per heavy atom. The Labute approximate surface area is 156 Å². The lowest BCUT2D eigenvalue weighted by molar-refractivity contribution is 0.0647. The number of fused-ring (bicyclic) bond motifs is 1. The third-order valence-corrected chi connectivity index (χ3v) is 5.84. The number of thiophene rings is 1. The lowest BCUT2D eigenvalue weighted by Crippen LogP contribution is -2.39. The number of para-hydroxylation sites is 1. The summed E-state index contributed by atoms with van der Waals surface area (Å²) in [5.74, 6) is 1.14. The van der Waals surface area contributed by atoms with Crippen LogP contribution in [-0.4, -0.2) is 29.6 Å². The maximum Gasteiger partial charge on any atom is 0.276 e. The molecule has 5 nitrogen and oxygen atoms in total. The molecule has 3 aromatic rings. The highest BCUT2D eigenvalue weighted by Gasteiger charge is 2.32. The number of ether oxygens (including phenoxy) is 1. The van der Waals surface area contributed by atoms with Gasteiger partial charge in [0, 0.05) is 17.5 Å². The lowest BCUT2D eigenvalue weighted by atomic mass is 9.97. The van der Waals surface area contributed by atoms with Gasteiger partial charge in [0.1, 0.15) is 5.75 Å². The zero-order valence-corrected chi connectivity index (χ0v) is 15.6. The first-order valence-electron chi connectivity index (χ1n) is 8.70. The van der Waals surface area contributed by atoms with E-state index in [0.29, 0.717) is 23.7 Å². The summed E-state index contributed by atoms with van der Waals surface area (Å²) < 4.78 is 10.8. The number of carbonyl (C=O) groups excluding carboxylic acids is 1. The third-order valence-electron chi connectivity index (χ3n) is 4.84. The van der Waals surface area contributed by atoms with Crippen molar-refractivity contribution in [2.75, 3.05) is 13.7 Å². The molecule has 0 aliphatic carbocycles. The SMILES string of the molecule is CCC1c2ccsc2CCN1C(=O)c1cc(-c2ccccc2OC)on1. The predicted molar refractivity (Wildman–Crippen MR) is 101 cm³/mol. The Kier molecular flexibility index (Phi) is 4.51. The molecular formula is C20H20N2O3S. The van der Waals surface area contributed by atoms with Gasteiger partial charge in [-0.15, -0.1) is 11.3 Å². The Morgan fingerprint density at radius 1 is 1.38 bits per heavy atom. The summed E-state index contributed by atoms with van der Waals surface area (Å²) >= 11 is 1.77. The Morgan fingerprint density at radius 2 is 2.23 bits per heavy atom. The molecule has 26 heavy (non-hydrogen) atoms. The number of benzene rings is 1. The van der Waals surface area contributed by atoms with Gasteiger partial charge in [0.25, 0.3) is 5.91 Å². The highest BCUT2D eigenvalue weighted by atomic mass is 32.1. The van der Waals surface area contributed by atoms with Crippen molar-refractivity contribution >= 4 is 17.2 Å². The minimum atomic E-state index is -0.0846. The number of amides is 1. The summed E-state index contributed by atoms with van der Waals surface area (Å²) in [6, 6.07) is 11.5. The number of hydrogen-bond donors (Lipinski definition) is 0. The summed E-state index contributed by atoms with van der Waals surface area (Å²) in [5.41, 5.74) is 2.39. The molecule has 1 atom stereocenters. The molecule has 1 aromatic carbocycles. The summed E-state index contributed by atoms with van der Waals surface area (Å²) in [6.07, 6.45) is 1.78. The van der Waals surface area contributed by atoms with Crippen LogP contribution in [0.25, 0.3) is 11.3 Å². The van der Waals surface area contributed by atoms with Crippen molar-refractivity contribution in [3.8, 4) is 17.1 Å². The number of methoxy groups -OCH3 is 1. The van der Waals surface area contributed by atoms with Gasteiger partial charge in [0.15, 0.2) is 11.5 Å². The second-order valence-electron chi connectivity index (χ2n) is 6.25. The highest BCUT2D eigenvalue weighted by molar-refractivity contribution is 7.10. The molecule has 0 N–H and O–H groups in total. The van der Waals surface area contributed by atoms with Crippen molar-refractivity contribution in [2.45, 2.75) is 25.8 Å². The van der Waals surface area contributed by atoms with Gasteiger partial charge in [-0.05, 0) is 42.0 Å². The van der Waals surface area contributed by atoms with Crippen LogP contribution < -0.4 is 4.74 Å². The molecule has 4 rings (SSSR count). The molecule has 6 heteroatoms. The van der Waals surface area contributed by atoms with Crippen LogP contribution in [0.15, 0.2) is 46.3 Å². The van der Waals surface area contributed by atoms with Crippen LogP contribution in [0.3, 0.4) is 0 Å². The van der Waals surface area contributed by atoms with Crippen molar-refractivity contribution < 1.29 is 14.1 Å². The number of carbonyl (C=O) groups is 1. The van der Waals surface area contributed by atoms with Crippen LogP contribution in [0.5, 0.6) is 5.75 Å². The molecule has 2 aromatic heterocycles. The van der Waals surface area contributed by atoms with Gasteiger partial charge in [-0.1, -0.05) is 24.2 Å². The summed E-state index contributed by atoms with van der Waals surface area (Å²) in [5, 5.41) is 6.14. The molecule has 0 bridgehead atoms. The van der Waals surface area contributed by atoms with Crippen molar-refractivity contribution in [3.05, 3.63) is 57.9 Å². The van der Waals surface area contributed by atoms with Gasteiger partial charge in [-0.3, -0.25) is 4.79 Å². The van der Waals surface area contributed by atoms with E-state index < -0.39 is 0 Å². The van der Waals surface area contributed by atoms with Gasteiger partial charge < -0.3 is 14.2 Å².